The maximum Gasteiger partial charge on any atom is 0.307 e. The van der Waals surface area contributed by atoms with Crippen molar-refractivity contribution in [2.75, 3.05) is 0 Å². The molecule has 0 aliphatic carbocycles. The molecule has 1 aromatic rings. The van der Waals surface area contributed by atoms with Crippen molar-refractivity contribution in [1.29, 1.82) is 5.41 Å². The molecular formula is C6H9N5O2. The largest absolute Gasteiger partial charge is 0.386 e. The summed E-state index contributed by atoms with van der Waals surface area (Å²) in [5, 5.41) is 21.1. The molecule has 1 rings (SSSR count). The molecular weight excluding hydrogens is 174 g/mol. The van der Waals surface area contributed by atoms with E-state index in [0.717, 1.165) is 6.20 Å². The summed E-state index contributed by atoms with van der Waals surface area (Å²) in [6, 6.07) is -0.450. The lowest BCUT2D eigenvalue weighted by Gasteiger charge is -2.07. The molecule has 1 atom stereocenters. The Labute approximate surface area is 73.8 Å². The molecule has 1 heterocycles. The fourth-order valence-electron chi connectivity index (χ4n) is 0.777. The minimum atomic E-state index is -0.545. The van der Waals surface area contributed by atoms with Gasteiger partial charge in [-0.2, -0.15) is 5.10 Å². The van der Waals surface area contributed by atoms with E-state index in [4.69, 9.17) is 11.1 Å². The lowest BCUT2D eigenvalue weighted by atomic mass is 10.3. The summed E-state index contributed by atoms with van der Waals surface area (Å²) in [6.07, 6.45) is 2.37. The predicted octanol–water partition coefficient (Wildman–Crippen LogP) is 0.288. The zero-order chi connectivity index (χ0) is 10.0. The van der Waals surface area contributed by atoms with Gasteiger partial charge in [-0.05, 0) is 6.92 Å². The van der Waals surface area contributed by atoms with E-state index in [-0.39, 0.29) is 11.5 Å². The minimum absolute atomic E-state index is 0.0852. The summed E-state index contributed by atoms with van der Waals surface area (Å²) in [6.45, 7) is 1.64. The fraction of sp³-hybridized carbons (Fsp3) is 0.333. The molecule has 0 aromatic carbocycles. The van der Waals surface area contributed by atoms with Gasteiger partial charge in [0.1, 0.15) is 24.3 Å². The Kier molecular flexibility index (Phi) is 2.27. The summed E-state index contributed by atoms with van der Waals surface area (Å²) < 4.78 is 1.28. The third kappa shape index (κ3) is 1.81. The van der Waals surface area contributed by atoms with Crippen LogP contribution in [-0.2, 0) is 0 Å². The second-order valence-corrected chi connectivity index (χ2v) is 2.57. The molecule has 0 radical (unpaired) electrons. The first kappa shape index (κ1) is 9.17. The van der Waals surface area contributed by atoms with Crippen LogP contribution in [0.4, 0.5) is 5.69 Å². The minimum Gasteiger partial charge on any atom is -0.386 e. The first-order valence-corrected chi connectivity index (χ1v) is 3.55. The van der Waals surface area contributed by atoms with Crippen LogP contribution in [-0.4, -0.2) is 20.5 Å². The maximum atomic E-state index is 10.3. The first-order valence-electron chi connectivity index (χ1n) is 3.55. The second kappa shape index (κ2) is 3.21. The van der Waals surface area contributed by atoms with E-state index >= 15 is 0 Å². The molecule has 0 saturated carbocycles. The van der Waals surface area contributed by atoms with E-state index in [1.54, 1.807) is 6.92 Å². The molecule has 70 valence electrons. The van der Waals surface area contributed by atoms with Gasteiger partial charge in [-0.3, -0.25) is 20.2 Å². The Morgan fingerprint density at radius 2 is 2.54 bits per heavy atom. The van der Waals surface area contributed by atoms with E-state index in [9.17, 15) is 10.1 Å². The van der Waals surface area contributed by atoms with E-state index < -0.39 is 11.0 Å². The number of nitro groups is 1. The van der Waals surface area contributed by atoms with Gasteiger partial charge in [-0.1, -0.05) is 0 Å². The van der Waals surface area contributed by atoms with Gasteiger partial charge in [0.05, 0.1) is 4.92 Å². The van der Waals surface area contributed by atoms with Gasteiger partial charge in [0.25, 0.3) is 0 Å². The van der Waals surface area contributed by atoms with E-state index in [0.29, 0.717) is 0 Å². The summed E-state index contributed by atoms with van der Waals surface area (Å²) in [5.41, 5.74) is 5.10. The average Bonchev–Trinajstić information content (AvgIpc) is 2.50. The highest BCUT2D eigenvalue weighted by Crippen LogP contribution is 2.11. The molecule has 7 nitrogen and oxygen atoms in total. The third-order valence-corrected chi connectivity index (χ3v) is 1.65. The zero-order valence-electron chi connectivity index (χ0n) is 6.97. The van der Waals surface area contributed by atoms with Crippen molar-refractivity contribution in [2.24, 2.45) is 5.73 Å². The molecule has 7 heteroatoms. The van der Waals surface area contributed by atoms with Crippen LogP contribution in [0.25, 0.3) is 0 Å². The van der Waals surface area contributed by atoms with Crippen molar-refractivity contribution >= 4 is 11.5 Å². The standard InChI is InChI=1S/C6H9N5O2/c1-4(6(7)8)10-3-5(2-9-10)11(12)13/h2-4H,1H3,(H3,7,8). The monoisotopic (exact) mass is 183 g/mol. The summed E-state index contributed by atoms with van der Waals surface area (Å²) in [5.74, 6) is -0.0852. The molecule has 1 unspecified atom stereocenters. The number of aromatic nitrogens is 2. The van der Waals surface area contributed by atoms with Crippen molar-refractivity contribution in [3.8, 4) is 0 Å². The number of nitrogens with one attached hydrogen (secondary N) is 1. The van der Waals surface area contributed by atoms with Gasteiger partial charge in [-0.15, -0.1) is 0 Å². The van der Waals surface area contributed by atoms with Crippen LogP contribution < -0.4 is 5.73 Å². The molecule has 0 amide bonds. The lowest BCUT2D eigenvalue weighted by molar-refractivity contribution is -0.385. The van der Waals surface area contributed by atoms with Crippen LogP contribution in [0, 0.1) is 15.5 Å². The highest BCUT2D eigenvalue weighted by molar-refractivity contribution is 5.80. The number of hydrogen-bond acceptors (Lipinski definition) is 4. The van der Waals surface area contributed by atoms with Crippen LogP contribution in [0.1, 0.15) is 13.0 Å². The third-order valence-electron chi connectivity index (χ3n) is 1.65. The van der Waals surface area contributed by atoms with E-state index in [2.05, 4.69) is 5.10 Å². The van der Waals surface area contributed by atoms with E-state index in [1.807, 2.05) is 0 Å². The van der Waals surface area contributed by atoms with Crippen molar-refractivity contribution in [3.63, 3.8) is 0 Å². The smallest absolute Gasteiger partial charge is 0.307 e. The summed E-state index contributed by atoms with van der Waals surface area (Å²) in [7, 11) is 0. The SMILES string of the molecule is CC(C(=N)N)n1cc([N+](=O)[O-])cn1. The number of nitrogens with two attached hydrogens (primary N) is 1. The molecule has 0 aliphatic heterocycles. The van der Waals surface area contributed by atoms with Crippen molar-refractivity contribution in [2.45, 2.75) is 13.0 Å². The summed E-state index contributed by atoms with van der Waals surface area (Å²) in [4.78, 5) is 9.73. The number of amidine groups is 1. The van der Waals surface area contributed by atoms with Crippen LogP contribution >= 0.6 is 0 Å². The predicted molar refractivity (Wildman–Crippen MR) is 45.5 cm³/mol. The van der Waals surface area contributed by atoms with E-state index in [1.165, 1.54) is 10.9 Å². The van der Waals surface area contributed by atoms with Gasteiger partial charge in [0.2, 0.25) is 0 Å². The lowest BCUT2D eigenvalue weighted by Crippen LogP contribution is -2.23. The molecule has 0 saturated heterocycles. The van der Waals surface area contributed by atoms with Crippen LogP contribution in [0.2, 0.25) is 0 Å². The molecule has 13 heavy (non-hydrogen) atoms. The van der Waals surface area contributed by atoms with Gasteiger partial charge in [-0.25, -0.2) is 0 Å². The van der Waals surface area contributed by atoms with Crippen molar-refractivity contribution < 1.29 is 4.92 Å². The Bertz CT molecular complexity index is 345. The fourth-order valence-corrected chi connectivity index (χ4v) is 0.777. The molecule has 3 N–H and O–H groups in total. The number of rotatable bonds is 3. The first-order chi connectivity index (χ1) is 6.02. The number of hydrogen-bond donors (Lipinski definition) is 2. The van der Waals surface area contributed by atoms with Gasteiger partial charge >= 0.3 is 5.69 Å². The Morgan fingerprint density at radius 3 is 2.92 bits per heavy atom. The van der Waals surface area contributed by atoms with Gasteiger partial charge < -0.3 is 5.73 Å². The zero-order valence-corrected chi connectivity index (χ0v) is 6.97. The molecule has 1 aromatic heterocycles. The highest BCUT2D eigenvalue weighted by atomic mass is 16.6. The maximum absolute atomic E-state index is 10.3. The van der Waals surface area contributed by atoms with Crippen LogP contribution in [0.3, 0.4) is 0 Å². The molecule has 0 spiro atoms. The quantitative estimate of drug-likeness (QED) is 0.303. The van der Waals surface area contributed by atoms with Gasteiger partial charge in [0.15, 0.2) is 0 Å². The highest BCUT2D eigenvalue weighted by Gasteiger charge is 2.14. The number of nitrogens with zero attached hydrogens (tertiary/aromatic N) is 3. The second-order valence-electron chi connectivity index (χ2n) is 2.57. The topological polar surface area (TPSA) is 111 Å². The summed E-state index contributed by atoms with van der Waals surface area (Å²) >= 11 is 0. The van der Waals surface area contributed by atoms with Crippen LogP contribution in [0.5, 0.6) is 0 Å². The molecule has 0 bridgehead atoms. The van der Waals surface area contributed by atoms with Crippen molar-refractivity contribution in [3.05, 3.63) is 22.5 Å². The normalized spacial score (nSPS) is 12.4. The van der Waals surface area contributed by atoms with Crippen molar-refractivity contribution in [1.82, 2.24) is 9.78 Å². The molecule has 0 fully saturated rings. The van der Waals surface area contributed by atoms with Crippen LogP contribution in [0.15, 0.2) is 12.4 Å². The molecule has 0 aliphatic rings. The van der Waals surface area contributed by atoms with Gasteiger partial charge in [0, 0.05) is 0 Å². The average molecular weight is 183 g/mol. The Balaban J connectivity index is 2.91. The Hall–Kier alpha value is -1.92. The Morgan fingerprint density at radius 1 is 1.92 bits per heavy atom.